The fourth-order valence-electron chi connectivity index (χ4n) is 4.45. The van der Waals surface area contributed by atoms with Crippen molar-refractivity contribution in [3.05, 3.63) is 57.9 Å². The van der Waals surface area contributed by atoms with Crippen LogP contribution < -0.4 is 15.6 Å². The summed E-state index contributed by atoms with van der Waals surface area (Å²) in [4.78, 5) is 78.5. The van der Waals surface area contributed by atoms with Crippen LogP contribution in [0.2, 0.25) is 0 Å². The minimum absolute atomic E-state index is 0.0867. The van der Waals surface area contributed by atoms with Crippen molar-refractivity contribution in [3.8, 4) is 17.1 Å². The molecule has 0 radical (unpaired) electrons. The summed E-state index contributed by atoms with van der Waals surface area (Å²) in [5.41, 5.74) is 1.63. The molecule has 12 nitrogen and oxygen atoms in total. The molecule has 2 aromatic heterocycles. The number of nitrogens with one attached hydrogen (secondary N) is 1. The summed E-state index contributed by atoms with van der Waals surface area (Å²) in [6.07, 6.45) is -0.481. The maximum atomic E-state index is 13.6. The van der Waals surface area contributed by atoms with Crippen LogP contribution in [-0.2, 0) is 41.9 Å². The maximum Gasteiger partial charge on any atom is 0.334 e. The zero-order valence-electron chi connectivity index (χ0n) is 22.6. The smallest absolute Gasteiger partial charge is 0.334 e. The number of ether oxygens (including phenoxy) is 2. The molecule has 214 valence electrons. The van der Waals surface area contributed by atoms with Gasteiger partial charge in [-0.25, -0.2) is 9.78 Å². The van der Waals surface area contributed by atoms with Gasteiger partial charge in [0.15, 0.2) is 0 Å². The quantitative estimate of drug-likeness (QED) is 0.244. The molecular formula is C29H29N3O9. The zero-order valence-corrected chi connectivity index (χ0v) is 22.6. The standard InChI is InChI=1S/C29H29N3O9/c1-3-6-26(37)40-15-19-23(41-29(39)21(12-25(35)36)30-24(34)10-9-16(2)33)13-22-27-18(14-32(22)28(19)38)11-17-7-4-5-8-20(17)31-27/h4-5,7-8,11,13,21H,3,6,9-10,12,14-15H2,1-2H3,(H,30,34)(H,35,36)/t21-/m0/s1. The Bertz CT molecular complexity index is 1610. The molecule has 1 aromatic carbocycles. The number of aromatic nitrogens is 2. The highest BCUT2D eigenvalue weighted by atomic mass is 16.5. The number of ketones is 1. The van der Waals surface area contributed by atoms with Gasteiger partial charge in [-0.1, -0.05) is 25.1 Å². The second-order valence-electron chi connectivity index (χ2n) is 9.70. The molecule has 41 heavy (non-hydrogen) atoms. The van der Waals surface area contributed by atoms with E-state index in [9.17, 15) is 33.9 Å². The Morgan fingerprint density at radius 3 is 2.56 bits per heavy atom. The number of carbonyl (C=O) groups is 5. The van der Waals surface area contributed by atoms with Crippen LogP contribution in [0.5, 0.6) is 5.75 Å². The molecule has 3 heterocycles. The first-order valence-corrected chi connectivity index (χ1v) is 13.1. The van der Waals surface area contributed by atoms with Crippen LogP contribution in [0.4, 0.5) is 0 Å². The summed E-state index contributed by atoms with van der Waals surface area (Å²) in [5, 5.41) is 12.5. The van der Waals surface area contributed by atoms with E-state index < -0.39 is 48.4 Å². The Balaban J connectivity index is 1.71. The van der Waals surface area contributed by atoms with E-state index in [1.165, 1.54) is 17.6 Å². The lowest BCUT2D eigenvalue weighted by molar-refractivity contribution is -0.146. The van der Waals surface area contributed by atoms with E-state index in [-0.39, 0.29) is 42.9 Å². The third kappa shape index (κ3) is 6.83. The molecular weight excluding hydrogens is 534 g/mol. The van der Waals surface area contributed by atoms with Gasteiger partial charge in [0.05, 0.1) is 35.4 Å². The largest absolute Gasteiger partial charge is 0.481 e. The lowest BCUT2D eigenvalue weighted by atomic mass is 10.1. The molecule has 0 bridgehead atoms. The minimum Gasteiger partial charge on any atom is -0.481 e. The number of rotatable bonds is 12. The number of carboxylic acid groups (broad SMARTS) is 1. The van der Waals surface area contributed by atoms with Crippen molar-refractivity contribution in [3.63, 3.8) is 0 Å². The molecule has 0 unspecified atom stereocenters. The van der Waals surface area contributed by atoms with Gasteiger partial charge < -0.3 is 29.3 Å². The van der Waals surface area contributed by atoms with Crippen LogP contribution in [0.15, 0.2) is 41.2 Å². The first-order valence-electron chi connectivity index (χ1n) is 13.1. The SMILES string of the molecule is CCCC(=O)OCc1c(OC(=O)[C@H](CC(=O)O)NC(=O)CCC(C)=O)cc2n(c1=O)Cc1cc3ccccc3nc1-2. The molecule has 4 rings (SSSR count). The highest BCUT2D eigenvalue weighted by Gasteiger charge is 2.30. The van der Waals surface area contributed by atoms with E-state index in [0.717, 1.165) is 10.9 Å². The lowest BCUT2D eigenvalue weighted by Gasteiger charge is -2.18. The van der Waals surface area contributed by atoms with Gasteiger partial charge in [-0.05, 0) is 25.5 Å². The molecule has 1 atom stereocenters. The zero-order chi connectivity index (χ0) is 29.7. The van der Waals surface area contributed by atoms with Crippen molar-refractivity contribution in [1.82, 2.24) is 14.9 Å². The van der Waals surface area contributed by atoms with Gasteiger partial charge in [-0.2, -0.15) is 0 Å². The Labute approximate surface area is 234 Å². The van der Waals surface area contributed by atoms with Gasteiger partial charge in [0.1, 0.15) is 24.2 Å². The second-order valence-corrected chi connectivity index (χ2v) is 9.70. The predicted molar refractivity (Wildman–Crippen MR) is 145 cm³/mol. The van der Waals surface area contributed by atoms with Gasteiger partial charge in [0.2, 0.25) is 5.91 Å². The van der Waals surface area contributed by atoms with Crippen LogP contribution in [0.3, 0.4) is 0 Å². The van der Waals surface area contributed by atoms with Crippen molar-refractivity contribution >= 4 is 40.5 Å². The molecule has 0 saturated carbocycles. The van der Waals surface area contributed by atoms with Crippen LogP contribution in [0.25, 0.3) is 22.3 Å². The second kappa shape index (κ2) is 12.5. The third-order valence-electron chi connectivity index (χ3n) is 6.48. The average Bonchev–Trinajstić information content (AvgIpc) is 3.27. The number of aliphatic carboxylic acids is 1. The molecule has 12 heteroatoms. The lowest BCUT2D eigenvalue weighted by Crippen LogP contribution is -2.44. The maximum absolute atomic E-state index is 13.6. The van der Waals surface area contributed by atoms with Gasteiger partial charge in [0, 0.05) is 36.3 Å². The summed E-state index contributed by atoms with van der Waals surface area (Å²) in [6.45, 7) is 2.80. The fraction of sp³-hybridized carbons (Fsp3) is 0.345. The van der Waals surface area contributed by atoms with Crippen molar-refractivity contribution in [2.75, 3.05) is 0 Å². The normalized spacial score (nSPS) is 12.2. The number of benzene rings is 1. The minimum atomic E-state index is -1.60. The Kier molecular flexibility index (Phi) is 8.91. The number of hydrogen-bond donors (Lipinski definition) is 2. The molecule has 1 amide bonds. The molecule has 1 aliphatic heterocycles. The van der Waals surface area contributed by atoms with Crippen molar-refractivity contribution in [1.29, 1.82) is 0 Å². The Morgan fingerprint density at radius 2 is 1.85 bits per heavy atom. The number of nitrogens with zero attached hydrogens (tertiary/aromatic N) is 2. The number of carbonyl (C=O) groups excluding carboxylic acids is 4. The van der Waals surface area contributed by atoms with E-state index in [0.29, 0.717) is 23.3 Å². The number of hydrogen-bond acceptors (Lipinski definition) is 9. The van der Waals surface area contributed by atoms with Crippen LogP contribution in [0, 0.1) is 0 Å². The fourth-order valence-corrected chi connectivity index (χ4v) is 4.45. The van der Waals surface area contributed by atoms with E-state index >= 15 is 0 Å². The monoisotopic (exact) mass is 563 g/mol. The van der Waals surface area contributed by atoms with E-state index in [2.05, 4.69) is 10.3 Å². The highest BCUT2D eigenvalue weighted by molar-refractivity contribution is 5.90. The third-order valence-corrected chi connectivity index (χ3v) is 6.48. The average molecular weight is 564 g/mol. The molecule has 0 spiro atoms. The van der Waals surface area contributed by atoms with Gasteiger partial charge in [-0.15, -0.1) is 0 Å². The molecule has 0 aliphatic carbocycles. The van der Waals surface area contributed by atoms with Gasteiger partial charge >= 0.3 is 17.9 Å². The van der Waals surface area contributed by atoms with E-state index in [1.807, 2.05) is 30.3 Å². The topological polar surface area (TPSA) is 171 Å². The van der Waals surface area contributed by atoms with Crippen LogP contribution in [0.1, 0.15) is 57.1 Å². The number of fused-ring (bicyclic) bond motifs is 4. The van der Waals surface area contributed by atoms with E-state index in [1.54, 1.807) is 6.92 Å². The molecule has 0 fully saturated rings. The van der Waals surface area contributed by atoms with Crippen molar-refractivity contribution < 1.29 is 38.6 Å². The van der Waals surface area contributed by atoms with Crippen molar-refractivity contribution in [2.45, 2.75) is 65.1 Å². The molecule has 3 aromatic rings. The Hall–Kier alpha value is -4.87. The van der Waals surface area contributed by atoms with Gasteiger partial charge in [0.25, 0.3) is 5.56 Å². The number of amides is 1. The first-order chi connectivity index (χ1) is 19.6. The summed E-state index contributed by atoms with van der Waals surface area (Å²) in [5.74, 6) is -4.28. The van der Waals surface area contributed by atoms with Crippen molar-refractivity contribution in [2.24, 2.45) is 0 Å². The Morgan fingerprint density at radius 1 is 1.10 bits per heavy atom. The number of carboxylic acids is 1. The number of Topliss-reactive ketones (excluding diaryl/α,β-unsaturated/α-hetero) is 1. The van der Waals surface area contributed by atoms with Gasteiger partial charge in [-0.3, -0.25) is 19.2 Å². The number of para-hydroxylation sites is 1. The molecule has 0 saturated heterocycles. The number of pyridine rings is 2. The summed E-state index contributed by atoms with van der Waals surface area (Å²) >= 11 is 0. The highest BCUT2D eigenvalue weighted by Crippen LogP contribution is 2.34. The van der Waals surface area contributed by atoms with E-state index in [4.69, 9.17) is 9.47 Å². The van der Waals surface area contributed by atoms with Crippen LogP contribution in [-0.4, -0.2) is 50.3 Å². The van der Waals surface area contributed by atoms with Crippen LogP contribution >= 0.6 is 0 Å². The molecule has 2 N–H and O–H groups in total. The molecule has 1 aliphatic rings. The first kappa shape index (κ1) is 29.1. The summed E-state index contributed by atoms with van der Waals surface area (Å²) < 4.78 is 12.2. The summed E-state index contributed by atoms with van der Waals surface area (Å²) in [6, 6.07) is 9.15. The predicted octanol–water partition coefficient (Wildman–Crippen LogP) is 2.50. The summed E-state index contributed by atoms with van der Waals surface area (Å²) in [7, 11) is 0. The number of esters is 2.